The van der Waals surface area contributed by atoms with Gasteiger partial charge in [-0.15, -0.1) is 0 Å². The molecule has 0 atom stereocenters. The zero-order chi connectivity index (χ0) is 39.2. The van der Waals surface area contributed by atoms with Gasteiger partial charge in [0, 0.05) is 27.1 Å². The third-order valence-electron chi connectivity index (χ3n) is 9.68. The SMILES string of the molecule is Cc1ccc2c3ccc(C(F)(F)F)cc3n(-c3cc(C#N)cc(-n4c5cc(C(F)(F)F)ccc5c5ccc(C(F)(F)F)cc54)c3-c3ccc(C#N)cc3)c2c1. The number of aromatic nitrogens is 2. The first-order valence-electron chi connectivity index (χ1n) is 16.4. The standard InChI is InChI=1S/C42H21F9N4/c1-22-2-10-29-30-11-7-26(40(43,44)45)17-34(30)54(33(29)14-22)37-15-24(21-53)16-38(39(37)25-5-3-23(20-52)4-6-25)55-35-18-27(41(46,47)48)8-12-31(35)32-13-9-28(19-36(32)55)42(49,50)51/h2-19H,1H3. The summed E-state index contributed by atoms with van der Waals surface area (Å²) >= 11 is 0. The van der Waals surface area contributed by atoms with Gasteiger partial charge in [-0.2, -0.15) is 50.0 Å². The lowest BCUT2D eigenvalue weighted by molar-refractivity contribution is -0.138. The predicted molar refractivity (Wildman–Crippen MR) is 190 cm³/mol. The average molecular weight is 753 g/mol. The second kappa shape index (κ2) is 12.1. The molecule has 0 fully saturated rings. The van der Waals surface area contributed by atoms with Crippen LogP contribution >= 0.6 is 0 Å². The van der Waals surface area contributed by atoms with Crippen molar-refractivity contribution in [3.05, 3.63) is 143 Å². The summed E-state index contributed by atoms with van der Waals surface area (Å²) in [5, 5.41) is 21.3. The number of hydrogen-bond donors (Lipinski definition) is 0. The Morgan fingerprint density at radius 1 is 0.436 bits per heavy atom. The van der Waals surface area contributed by atoms with Gasteiger partial charge < -0.3 is 9.13 Å². The maximum Gasteiger partial charge on any atom is 0.416 e. The Kier molecular flexibility index (Phi) is 7.80. The van der Waals surface area contributed by atoms with Crippen molar-refractivity contribution < 1.29 is 39.5 Å². The van der Waals surface area contributed by atoms with Gasteiger partial charge in [-0.3, -0.25) is 0 Å². The molecule has 55 heavy (non-hydrogen) atoms. The topological polar surface area (TPSA) is 57.4 Å². The van der Waals surface area contributed by atoms with E-state index in [1.165, 1.54) is 51.6 Å². The van der Waals surface area contributed by atoms with E-state index in [2.05, 4.69) is 0 Å². The quantitative estimate of drug-likeness (QED) is 0.169. The molecular formula is C42H21F9N4. The van der Waals surface area contributed by atoms with Crippen LogP contribution in [-0.2, 0) is 18.5 Å². The molecule has 2 aromatic heterocycles. The number of benzene rings is 6. The van der Waals surface area contributed by atoms with Gasteiger partial charge >= 0.3 is 18.5 Å². The normalized spacial score (nSPS) is 12.5. The number of rotatable bonds is 3. The molecule has 8 rings (SSSR count). The second-order valence-corrected chi connectivity index (χ2v) is 13.1. The van der Waals surface area contributed by atoms with Crippen molar-refractivity contribution in [2.45, 2.75) is 25.5 Å². The summed E-state index contributed by atoms with van der Waals surface area (Å²) in [7, 11) is 0. The fourth-order valence-corrected chi connectivity index (χ4v) is 7.23. The third kappa shape index (κ3) is 5.80. The lowest BCUT2D eigenvalue weighted by atomic mass is 9.97. The molecule has 0 unspecified atom stereocenters. The fraction of sp³-hybridized carbons (Fsp3) is 0.0952. The highest BCUT2D eigenvalue weighted by atomic mass is 19.4. The van der Waals surface area contributed by atoms with Gasteiger partial charge in [0.15, 0.2) is 0 Å². The summed E-state index contributed by atoms with van der Waals surface area (Å²) in [5.41, 5.74) is -1.55. The minimum Gasteiger partial charge on any atom is -0.308 e. The van der Waals surface area contributed by atoms with Gasteiger partial charge in [0.1, 0.15) is 0 Å². The fourth-order valence-electron chi connectivity index (χ4n) is 7.23. The Labute approximate surface area is 305 Å². The summed E-state index contributed by atoms with van der Waals surface area (Å²) in [6.07, 6.45) is -14.4. The molecule has 0 saturated carbocycles. The molecule has 2 heterocycles. The molecule has 272 valence electrons. The van der Waals surface area contributed by atoms with Crippen LogP contribution in [0.15, 0.2) is 109 Å². The highest BCUT2D eigenvalue weighted by Gasteiger charge is 2.35. The van der Waals surface area contributed by atoms with Crippen molar-refractivity contribution in [3.8, 4) is 34.6 Å². The highest BCUT2D eigenvalue weighted by molar-refractivity contribution is 6.12. The zero-order valence-corrected chi connectivity index (χ0v) is 28.1. The number of alkyl halides is 9. The molecule has 0 bridgehead atoms. The van der Waals surface area contributed by atoms with E-state index in [1.807, 2.05) is 12.1 Å². The van der Waals surface area contributed by atoms with Crippen molar-refractivity contribution in [2.75, 3.05) is 0 Å². The monoisotopic (exact) mass is 752 g/mol. The Hall–Kier alpha value is -6.73. The molecule has 0 amide bonds. The molecule has 0 aliphatic carbocycles. The van der Waals surface area contributed by atoms with Gasteiger partial charge in [-0.05, 0) is 84.8 Å². The minimum absolute atomic E-state index is 0.0352. The molecule has 0 saturated heterocycles. The second-order valence-electron chi connectivity index (χ2n) is 13.1. The van der Waals surface area contributed by atoms with Crippen molar-refractivity contribution in [2.24, 2.45) is 0 Å². The number of halogens is 9. The lowest BCUT2D eigenvalue weighted by Crippen LogP contribution is -2.08. The van der Waals surface area contributed by atoms with Crippen LogP contribution in [0.2, 0.25) is 0 Å². The Balaban J connectivity index is 1.62. The van der Waals surface area contributed by atoms with Crippen LogP contribution < -0.4 is 0 Å². The van der Waals surface area contributed by atoms with E-state index in [1.54, 1.807) is 25.1 Å². The lowest BCUT2D eigenvalue weighted by Gasteiger charge is -2.21. The molecule has 0 radical (unpaired) electrons. The third-order valence-corrected chi connectivity index (χ3v) is 9.68. The molecule has 0 N–H and O–H groups in total. The molecule has 0 aliphatic rings. The van der Waals surface area contributed by atoms with Gasteiger partial charge in [0.05, 0.1) is 73.4 Å². The van der Waals surface area contributed by atoms with E-state index in [0.717, 1.165) is 54.1 Å². The molecule has 0 spiro atoms. The number of hydrogen-bond acceptors (Lipinski definition) is 2. The minimum atomic E-state index is -4.85. The molecule has 4 nitrogen and oxygen atoms in total. The number of nitrogens with zero attached hydrogens (tertiary/aromatic N) is 4. The Morgan fingerprint density at radius 2 is 0.800 bits per heavy atom. The van der Waals surface area contributed by atoms with Crippen molar-refractivity contribution in [1.82, 2.24) is 9.13 Å². The van der Waals surface area contributed by atoms with Crippen molar-refractivity contribution in [1.29, 1.82) is 10.5 Å². The highest BCUT2D eigenvalue weighted by Crippen LogP contribution is 2.45. The van der Waals surface area contributed by atoms with Gasteiger partial charge in [0.2, 0.25) is 0 Å². The van der Waals surface area contributed by atoms with E-state index in [4.69, 9.17) is 0 Å². The first kappa shape index (κ1) is 35.3. The number of aryl methyl sites for hydroxylation is 1. The summed E-state index contributed by atoms with van der Waals surface area (Å²) in [5.74, 6) is 0. The molecule has 6 aromatic carbocycles. The smallest absolute Gasteiger partial charge is 0.308 e. The zero-order valence-electron chi connectivity index (χ0n) is 28.1. The van der Waals surface area contributed by atoms with Crippen LogP contribution in [0.4, 0.5) is 39.5 Å². The van der Waals surface area contributed by atoms with E-state index in [0.29, 0.717) is 21.9 Å². The Bertz CT molecular complexity index is 2890. The maximum atomic E-state index is 14.2. The van der Waals surface area contributed by atoms with Gasteiger partial charge in [-0.25, -0.2) is 0 Å². The maximum absolute atomic E-state index is 14.2. The van der Waals surface area contributed by atoms with Crippen LogP contribution in [0.5, 0.6) is 0 Å². The number of fused-ring (bicyclic) bond motifs is 6. The van der Waals surface area contributed by atoms with Crippen LogP contribution in [0.1, 0.15) is 33.4 Å². The van der Waals surface area contributed by atoms with E-state index >= 15 is 0 Å². The summed E-state index contributed by atoms with van der Waals surface area (Å²) < 4.78 is 131. The van der Waals surface area contributed by atoms with E-state index in [-0.39, 0.29) is 55.4 Å². The summed E-state index contributed by atoms with van der Waals surface area (Å²) in [4.78, 5) is 0. The van der Waals surface area contributed by atoms with Crippen LogP contribution in [0.25, 0.3) is 66.1 Å². The molecule has 13 heteroatoms. The van der Waals surface area contributed by atoms with E-state index < -0.39 is 35.2 Å². The van der Waals surface area contributed by atoms with Crippen LogP contribution in [-0.4, -0.2) is 9.13 Å². The largest absolute Gasteiger partial charge is 0.416 e. The van der Waals surface area contributed by atoms with Gasteiger partial charge in [0.25, 0.3) is 0 Å². The first-order valence-corrected chi connectivity index (χ1v) is 16.4. The first-order chi connectivity index (χ1) is 26.0. The summed E-state index contributed by atoms with van der Waals surface area (Å²) in [6.45, 7) is 1.77. The number of nitriles is 2. The molecular weight excluding hydrogens is 731 g/mol. The average Bonchev–Trinajstić information content (AvgIpc) is 3.64. The van der Waals surface area contributed by atoms with Crippen LogP contribution in [0, 0.1) is 29.6 Å². The van der Waals surface area contributed by atoms with Crippen molar-refractivity contribution >= 4 is 43.6 Å². The molecule has 0 aliphatic heterocycles. The Morgan fingerprint density at radius 3 is 1.16 bits per heavy atom. The molecule has 8 aromatic rings. The van der Waals surface area contributed by atoms with E-state index in [9.17, 15) is 50.0 Å². The predicted octanol–water partition coefficient (Wildman–Crippen LogP) is 12.7. The van der Waals surface area contributed by atoms with Crippen molar-refractivity contribution in [3.63, 3.8) is 0 Å². The summed E-state index contributed by atoms with van der Waals surface area (Å²) in [6, 6.07) is 26.7. The van der Waals surface area contributed by atoms with Gasteiger partial charge in [-0.1, -0.05) is 42.5 Å². The van der Waals surface area contributed by atoms with Crippen LogP contribution in [0.3, 0.4) is 0 Å².